The summed E-state index contributed by atoms with van der Waals surface area (Å²) in [5, 5.41) is 0. The first kappa shape index (κ1) is 7.87. The zero-order valence-electron chi connectivity index (χ0n) is 7.49. The molecule has 12 heavy (non-hydrogen) atoms. The van der Waals surface area contributed by atoms with Crippen LogP contribution in [0, 0.1) is 0 Å². The van der Waals surface area contributed by atoms with Crippen LogP contribution in [0.15, 0.2) is 23.0 Å². The van der Waals surface area contributed by atoms with Crippen molar-refractivity contribution in [2.24, 2.45) is 0 Å². The molecule has 0 amide bonds. The van der Waals surface area contributed by atoms with Crippen LogP contribution in [0.25, 0.3) is 0 Å². The molecule has 2 rings (SSSR count). The van der Waals surface area contributed by atoms with E-state index < -0.39 is 0 Å². The standard InChI is InChI=1S/C10H15NO/c1-2-11-6-3-4-10(11)9-5-7-12-8-9/h5,7-8,10H,2-4,6H2,1H3. The molecule has 0 aliphatic carbocycles. The number of rotatable bonds is 2. The van der Waals surface area contributed by atoms with Gasteiger partial charge in [-0.15, -0.1) is 0 Å². The van der Waals surface area contributed by atoms with Gasteiger partial charge < -0.3 is 4.42 Å². The van der Waals surface area contributed by atoms with E-state index in [1.807, 2.05) is 6.26 Å². The lowest BCUT2D eigenvalue weighted by molar-refractivity contribution is 0.270. The number of hydrogen-bond donors (Lipinski definition) is 0. The van der Waals surface area contributed by atoms with Crippen molar-refractivity contribution in [3.05, 3.63) is 24.2 Å². The Hall–Kier alpha value is -0.760. The zero-order chi connectivity index (χ0) is 8.39. The molecular weight excluding hydrogens is 150 g/mol. The van der Waals surface area contributed by atoms with Gasteiger partial charge in [0.2, 0.25) is 0 Å². The molecule has 1 saturated heterocycles. The maximum atomic E-state index is 5.09. The monoisotopic (exact) mass is 165 g/mol. The van der Waals surface area contributed by atoms with Crippen LogP contribution >= 0.6 is 0 Å². The third-order valence-corrected chi connectivity index (χ3v) is 2.70. The van der Waals surface area contributed by atoms with Gasteiger partial charge in [-0.1, -0.05) is 6.92 Å². The van der Waals surface area contributed by atoms with Crippen molar-refractivity contribution in [3.63, 3.8) is 0 Å². The second kappa shape index (κ2) is 3.31. The molecule has 1 aromatic heterocycles. The van der Waals surface area contributed by atoms with Crippen molar-refractivity contribution in [2.75, 3.05) is 13.1 Å². The highest BCUT2D eigenvalue weighted by molar-refractivity contribution is 5.13. The molecular formula is C10H15NO. The van der Waals surface area contributed by atoms with Crippen LogP contribution in [0.4, 0.5) is 0 Å². The molecule has 1 aliphatic rings. The third kappa shape index (κ3) is 1.27. The van der Waals surface area contributed by atoms with Gasteiger partial charge in [0.05, 0.1) is 12.5 Å². The predicted octanol–water partition coefficient (Wildman–Crippen LogP) is 2.44. The maximum absolute atomic E-state index is 5.09. The summed E-state index contributed by atoms with van der Waals surface area (Å²) in [5.74, 6) is 0. The minimum absolute atomic E-state index is 0.619. The fraction of sp³-hybridized carbons (Fsp3) is 0.600. The molecule has 1 aliphatic heterocycles. The Morgan fingerprint density at radius 2 is 2.58 bits per heavy atom. The quantitative estimate of drug-likeness (QED) is 0.669. The van der Waals surface area contributed by atoms with Crippen molar-refractivity contribution in [1.29, 1.82) is 0 Å². The highest BCUT2D eigenvalue weighted by Crippen LogP contribution is 2.31. The van der Waals surface area contributed by atoms with E-state index in [4.69, 9.17) is 4.42 Å². The SMILES string of the molecule is CCN1CCCC1c1ccoc1. The van der Waals surface area contributed by atoms with E-state index in [0.717, 1.165) is 6.54 Å². The van der Waals surface area contributed by atoms with Crippen molar-refractivity contribution >= 4 is 0 Å². The zero-order valence-corrected chi connectivity index (χ0v) is 7.49. The van der Waals surface area contributed by atoms with Gasteiger partial charge in [-0.3, -0.25) is 4.90 Å². The summed E-state index contributed by atoms with van der Waals surface area (Å²) >= 11 is 0. The van der Waals surface area contributed by atoms with Crippen LogP contribution in [-0.2, 0) is 0 Å². The minimum Gasteiger partial charge on any atom is -0.472 e. The van der Waals surface area contributed by atoms with Gasteiger partial charge in [0.25, 0.3) is 0 Å². The summed E-state index contributed by atoms with van der Waals surface area (Å²) in [5.41, 5.74) is 1.34. The molecule has 0 N–H and O–H groups in total. The first-order chi connectivity index (χ1) is 5.92. The smallest absolute Gasteiger partial charge is 0.0950 e. The Balaban J connectivity index is 2.13. The molecule has 0 saturated carbocycles. The molecule has 2 heteroatoms. The lowest BCUT2D eigenvalue weighted by Crippen LogP contribution is -2.22. The molecule has 0 bridgehead atoms. The maximum Gasteiger partial charge on any atom is 0.0950 e. The first-order valence-electron chi connectivity index (χ1n) is 4.68. The molecule has 2 nitrogen and oxygen atoms in total. The Kier molecular flexibility index (Phi) is 2.17. The van der Waals surface area contributed by atoms with E-state index >= 15 is 0 Å². The second-order valence-corrected chi connectivity index (χ2v) is 3.34. The second-order valence-electron chi connectivity index (χ2n) is 3.34. The van der Waals surface area contributed by atoms with Crippen molar-refractivity contribution in [3.8, 4) is 0 Å². The molecule has 1 fully saturated rings. The Bertz CT molecular complexity index is 230. The van der Waals surface area contributed by atoms with Crippen molar-refractivity contribution < 1.29 is 4.42 Å². The van der Waals surface area contributed by atoms with Gasteiger partial charge in [-0.25, -0.2) is 0 Å². The largest absolute Gasteiger partial charge is 0.472 e. The average Bonchev–Trinajstić information content (AvgIpc) is 2.74. The van der Waals surface area contributed by atoms with Gasteiger partial charge in [-0.05, 0) is 32.0 Å². The summed E-state index contributed by atoms with van der Waals surface area (Å²) in [4.78, 5) is 2.50. The van der Waals surface area contributed by atoms with Crippen LogP contribution in [0.5, 0.6) is 0 Å². The molecule has 1 atom stereocenters. The summed E-state index contributed by atoms with van der Waals surface area (Å²) in [6.07, 6.45) is 6.25. The van der Waals surface area contributed by atoms with Gasteiger partial charge >= 0.3 is 0 Å². The lowest BCUT2D eigenvalue weighted by atomic mass is 10.1. The Morgan fingerprint density at radius 1 is 1.67 bits per heavy atom. The topological polar surface area (TPSA) is 16.4 Å². The molecule has 0 aromatic carbocycles. The molecule has 1 aromatic rings. The number of hydrogen-bond acceptors (Lipinski definition) is 2. The summed E-state index contributed by atoms with van der Waals surface area (Å²) in [6, 6.07) is 2.70. The Morgan fingerprint density at radius 3 is 3.25 bits per heavy atom. The molecule has 0 spiro atoms. The van der Waals surface area contributed by atoms with Crippen LogP contribution in [0.3, 0.4) is 0 Å². The summed E-state index contributed by atoms with van der Waals surface area (Å²) < 4.78 is 5.09. The Labute approximate surface area is 73.2 Å². The van der Waals surface area contributed by atoms with Gasteiger partial charge in [0, 0.05) is 11.6 Å². The predicted molar refractivity (Wildman–Crippen MR) is 47.9 cm³/mol. The third-order valence-electron chi connectivity index (χ3n) is 2.70. The van der Waals surface area contributed by atoms with E-state index in [1.54, 1.807) is 6.26 Å². The fourth-order valence-electron chi connectivity index (χ4n) is 2.05. The molecule has 1 unspecified atom stereocenters. The lowest BCUT2D eigenvalue weighted by Gasteiger charge is -2.21. The minimum atomic E-state index is 0.619. The van der Waals surface area contributed by atoms with E-state index in [1.165, 1.54) is 24.9 Å². The highest BCUT2D eigenvalue weighted by Gasteiger charge is 2.24. The number of nitrogens with zero attached hydrogens (tertiary/aromatic N) is 1. The van der Waals surface area contributed by atoms with Gasteiger partial charge in [0.1, 0.15) is 0 Å². The van der Waals surface area contributed by atoms with Gasteiger partial charge in [0.15, 0.2) is 0 Å². The van der Waals surface area contributed by atoms with E-state index in [9.17, 15) is 0 Å². The van der Waals surface area contributed by atoms with E-state index in [2.05, 4.69) is 17.9 Å². The first-order valence-corrected chi connectivity index (χ1v) is 4.68. The average molecular weight is 165 g/mol. The van der Waals surface area contributed by atoms with Crippen LogP contribution < -0.4 is 0 Å². The number of likely N-dealkylation sites (tertiary alicyclic amines) is 1. The summed E-state index contributed by atoms with van der Waals surface area (Å²) in [6.45, 7) is 4.61. The number of furan rings is 1. The van der Waals surface area contributed by atoms with Crippen molar-refractivity contribution in [2.45, 2.75) is 25.8 Å². The van der Waals surface area contributed by atoms with Gasteiger partial charge in [-0.2, -0.15) is 0 Å². The molecule has 0 radical (unpaired) electrons. The van der Waals surface area contributed by atoms with E-state index in [0.29, 0.717) is 6.04 Å². The van der Waals surface area contributed by atoms with Crippen LogP contribution in [0.2, 0.25) is 0 Å². The molecule has 66 valence electrons. The summed E-state index contributed by atoms with van der Waals surface area (Å²) in [7, 11) is 0. The van der Waals surface area contributed by atoms with E-state index in [-0.39, 0.29) is 0 Å². The normalized spacial score (nSPS) is 24.9. The van der Waals surface area contributed by atoms with Crippen LogP contribution in [-0.4, -0.2) is 18.0 Å². The van der Waals surface area contributed by atoms with Crippen LogP contribution in [0.1, 0.15) is 31.4 Å². The highest BCUT2D eigenvalue weighted by atomic mass is 16.3. The fourth-order valence-corrected chi connectivity index (χ4v) is 2.05. The van der Waals surface area contributed by atoms with Crippen molar-refractivity contribution in [1.82, 2.24) is 4.90 Å². The molecule has 2 heterocycles.